The second-order valence-electron chi connectivity index (χ2n) is 11.9. The van der Waals surface area contributed by atoms with Crippen LogP contribution < -0.4 is 16.0 Å². The summed E-state index contributed by atoms with van der Waals surface area (Å²) in [7, 11) is 0. The fourth-order valence-electron chi connectivity index (χ4n) is 5.41. The number of nitrogens with one attached hydrogen (secondary N) is 3. The van der Waals surface area contributed by atoms with Gasteiger partial charge in [-0.1, -0.05) is 120 Å². The SMILES string of the molecule is CCCCCCC(C)C1CC(=O)N[C@@H](Cc2ccccc2)C(=O)N[C@@H](Cc2ccccc2)C(=O)N[C@H]([C@@H](C)CC)C(=O)O1. The Bertz CT molecular complexity index is 1170. The summed E-state index contributed by atoms with van der Waals surface area (Å²) in [5, 5.41) is 8.70. The molecule has 234 valence electrons. The molecule has 1 saturated heterocycles. The number of carbonyl (C=O) groups excluding carboxylic acids is 4. The Morgan fingerprint density at radius 2 is 1.28 bits per heavy atom. The molecule has 1 fully saturated rings. The normalized spacial score (nSPS) is 23.3. The largest absolute Gasteiger partial charge is 0.460 e. The summed E-state index contributed by atoms with van der Waals surface area (Å²) in [6.07, 6.45) is 5.45. The van der Waals surface area contributed by atoms with Crippen molar-refractivity contribution in [3.05, 3.63) is 71.8 Å². The van der Waals surface area contributed by atoms with Crippen molar-refractivity contribution in [1.29, 1.82) is 0 Å². The Labute approximate surface area is 256 Å². The molecule has 43 heavy (non-hydrogen) atoms. The quantitative estimate of drug-likeness (QED) is 0.240. The molecule has 0 aromatic heterocycles. The summed E-state index contributed by atoms with van der Waals surface area (Å²) in [5.74, 6) is -2.12. The van der Waals surface area contributed by atoms with E-state index in [0.717, 1.165) is 43.2 Å². The number of cyclic esters (lactones) is 1. The molecule has 8 heteroatoms. The second kappa shape index (κ2) is 17.4. The molecule has 1 aliphatic heterocycles. The van der Waals surface area contributed by atoms with Crippen LogP contribution in [0.1, 0.15) is 83.8 Å². The number of hydrogen-bond donors (Lipinski definition) is 3. The van der Waals surface area contributed by atoms with E-state index in [0.29, 0.717) is 6.42 Å². The maximum absolute atomic E-state index is 13.8. The first kappa shape index (κ1) is 33.8. The second-order valence-corrected chi connectivity index (χ2v) is 11.9. The van der Waals surface area contributed by atoms with Gasteiger partial charge in [-0.05, 0) is 29.4 Å². The molecule has 2 unspecified atom stereocenters. The van der Waals surface area contributed by atoms with Crippen molar-refractivity contribution in [2.24, 2.45) is 11.8 Å². The minimum Gasteiger partial charge on any atom is -0.460 e. The molecule has 3 amide bonds. The van der Waals surface area contributed by atoms with Gasteiger partial charge < -0.3 is 20.7 Å². The number of esters is 1. The Morgan fingerprint density at radius 3 is 1.84 bits per heavy atom. The third kappa shape index (κ3) is 10.8. The third-order valence-electron chi connectivity index (χ3n) is 8.42. The topological polar surface area (TPSA) is 114 Å². The molecule has 6 atom stereocenters. The zero-order chi connectivity index (χ0) is 31.2. The van der Waals surface area contributed by atoms with Crippen LogP contribution in [0.3, 0.4) is 0 Å². The van der Waals surface area contributed by atoms with E-state index in [2.05, 4.69) is 22.9 Å². The monoisotopic (exact) mass is 591 g/mol. The highest BCUT2D eigenvalue weighted by Crippen LogP contribution is 2.22. The van der Waals surface area contributed by atoms with Gasteiger partial charge in [0.05, 0.1) is 6.42 Å². The van der Waals surface area contributed by atoms with Crippen LogP contribution in [0.5, 0.6) is 0 Å². The van der Waals surface area contributed by atoms with Crippen molar-refractivity contribution in [3.8, 4) is 0 Å². The fourth-order valence-corrected chi connectivity index (χ4v) is 5.41. The summed E-state index contributed by atoms with van der Waals surface area (Å²) < 4.78 is 6.05. The summed E-state index contributed by atoms with van der Waals surface area (Å²) >= 11 is 0. The van der Waals surface area contributed by atoms with E-state index in [1.54, 1.807) is 0 Å². The van der Waals surface area contributed by atoms with Gasteiger partial charge in [-0.25, -0.2) is 4.79 Å². The Morgan fingerprint density at radius 1 is 0.721 bits per heavy atom. The van der Waals surface area contributed by atoms with Crippen LogP contribution in [0.2, 0.25) is 0 Å². The van der Waals surface area contributed by atoms with Gasteiger partial charge in [-0.2, -0.15) is 0 Å². The predicted molar refractivity (Wildman–Crippen MR) is 168 cm³/mol. The van der Waals surface area contributed by atoms with Crippen LogP contribution in [0.25, 0.3) is 0 Å². The number of benzene rings is 2. The standard InChI is InChI=1S/C35H49N3O5/c1-5-7-8-11-16-25(4)30-23-31(39)36-28(21-26-17-12-9-13-18-26)33(40)37-29(22-27-19-14-10-15-20-27)34(41)38-32(24(3)6-2)35(42)43-30/h9-10,12-15,17-20,24-25,28-30,32H,5-8,11,16,21-23H2,1-4H3,(H,36,39)(H,37,40)(H,38,41)/t24-,25?,28-,29-,30?,32+/m0/s1. The van der Waals surface area contributed by atoms with Crippen LogP contribution >= 0.6 is 0 Å². The minimum atomic E-state index is -0.960. The molecule has 0 saturated carbocycles. The molecule has 0 bridgehead atoms. The van der Waals surface area contributed by atoms with Crippen LogP contribution in [-0.4, -0.2) is 47.9 Å². The molecule has 0 spiro atoms. The molecule has 3 rings (SSSR count). The zero-order valence-corrected chi connectivity index (χ0v) is 26.1. The van der Waals surface area contributed by atoms with Gasteiger partial charge in [0.15, 0.2) is 0 Å². The Hall–Kier alpha value is -3.68. The summed E-state index contributed by atoms with van der Waals surface area (Å²) in [5.41, 5.74) is 1.73. The molecule has 1 aliphatic rings. The number of ether oxygens (including phenoxy) is 1. The van der Waals surface area contributed by atoms with E-state index >= 15 is 0 Å². The van der Waals surface area contributed by atoms with Crippen molar-refractivity contribution in [3.63, 3.8) is 0 Å². The van der Waals surface area contributed by atoms with Crippen LogP contribution in [0, 0.1) is 11.8 Å². The molecule has 0 aliphatic carbocycles. The van der Waals surface area contributed by atoms with Crippen molar-refractivity contribution in [1.82, 2.24) is 16.0 Å². The molecule has 3 N–H and O–H groups in total. The first-order valence-electron chi connectivity index (χ1n) is 15.9. The molecule has 2 aromatic rings. The number of amides is 3. The van der Waals surface area contributed by atoms with E-state index in [9.17, 15) is 19.2 Å². The van der Waals surface area contributed by atoms with Gasteiger partial charge in [0, 0.05) is 12.8 Å². The maximum atomic E-state index is 13.8. The molecular weight excluding hydrogens is 542 g/mol. The van der Waals surface area contributed by atoms with Crippen molar-refractivity contribution < 1.29 is 23.9 Å². The van der Waals surface area contributed by atoms with Crippen molar-refractivity contribution in [2.45, 2.75) is 110 Å². The molecular formula is C35H49N3O5. The Balaban J connectivity index is 1.96. The van der Waals surface area contributed by atoms with Gasteiger partial charge >= 0.3 is 5.97 Å². The van der Waals surface area contributed by atoms with Crippen LogP contribution in [-0.2, 0) is 36.8 Å². The lowest BCUT2D eigenvalue weighted by Gasteiger charge is -2.29. The van der Waals surface area contributed by atoms with Gasteiger partial charge in [-0.3, -0.25) is 14.4 Å². The van der Waals surface area contributed by atoms with Gasteiger partial charge in [0.1, 0.15) is 24.2 Å². The predicted octanol–water partition coefficient (Wildman–Crippen LogP) is 4.89. The highest BCUT2D eigenvalue weighted by atomic mass is 16.5. The molecule has 8 nitrogen and oxygen atoms in total. The highest BCUT2D eigenvalue weighted by molar-refractivity contribution is 5.94. The lowest BCUT2D eigenvalue weighted by molar-refractivity contribution is -0.158. The average molecular weight is 592 g/mol. The summed E-state index contributed by atoms with van der Waals surface area (Å²) in [6.45, 7) is 7.99. The molecule has 2 aromatic carbocycles. The van der Waals surface area contributed by atoms with Gasteiger partial charge in [0.25, 0.3) is 0 Å². The van der Waals surface area contributed by atoms with E-state index in [-0.39, 0.29) is 37.0 Å². The van der Waals surface area contributed by atoms with E-state index in [4.69, 9.17) is 4.74 Å². The fraction of sp³-hybridized carbons (Fsp3) is 0.543. The maximum Gasteiger partial charge on any atom is 0.329 e. The van der Waals surface area contributed by atoms with Crippen molar-refractivity contribution >= 4 is 23.7 Å². The lowest BCUT2D eigenvalue weighted by Crippen LogP contribution is -2.57. The van der Waals surface area contributed by atoms with Gasteiger partial charge in [0.2, 0.25) is 17.7 Å². The highest BCUT2D eigenvalue weighted by Gasteiger charge is 2.36. The summed E-state index contributed by atoms with van der Waals surface area (Å²) in [6, 6.07) is 16.1. The Kier molecular flexibility index (Phi) is 13.7. The van der Waals surface area contributed by atoms with E-state index in [1.807, 2.05) is 81.4 Å². The number of unbranched alkanes of at least 4 members (excludes halogenated alkanes) is 3. The van der Waals surface area contributed by atoms with E-state index < -0.39 is 42.0 Å². The first-order chi connectivity index (χ1) is 20.7. The summed E-state index contributed by atoms with van der Waals surface area (Å²) in [4.78, 5) is 54.6. The van der Waals surface area contributed by atoms with Crippen LogP contribution in [0.4, 0.5) is 0 Å². The molecule has 0 radical (unpaired) electrons. The molecule has 1 heterocycles. The van der Waals surface area contributed by atoms with E-state index in [1.165, 1.54) is 0 Å². The van der Waals surface area contributed by atoms with Crippen LogP contribution in [0.15, 0.2) is 60.7 Å². The van der Waals surface area contributed by atoms with Gasteiger partial charge in [-0.15, -0.1) is 0 Å². The minimum absolute atomic E-state index is 0.0616. The zero-order valence-electron chi connectivity index (χ0n) is 26.1. The van der Waals surface area contributed by atoms with Crippen molar-refractivity contribution in [2.75, 3.05) is 0 Å². The lowest BCUT2D eigenvalue weighted by atomic mass is 9.93. The average Bonchev–Trinajstić information content (AvgIpc) is 3.01. The third-order valence-corrected chi connectivity index (χ3v) is 8.42. The number of rotatable bonds is 12. The number of carbonyl (C=O) groups is 4. The smallest absolute Gasteiger partial charge is 0.329 e. The first-order valence-corrected chi connectivity index (χ1v) is 15.9. The number of hydrogen-bond acceptors (Lipinski definition) is 5.